The van der Waals surface area contributed by atoms with E-state index < -0.39 is 5.97 Å². The first kappa shape index (κ1) is 10.0. The van der Waals surface area contributed by atoms with Gasteiger partial charge in [-0.25, -0.2) is 9.78 Å². The molecular formula is C12H8N2O2S. The fourth-order valence-electron chi connectivity index (χ4n) is 1.76. The molecule has 0 amide bonds. The maximum atomic E-state index is 10.9. The van der Waals surface area contributed by atoms with E-state index in [1.165, 1.54) is 6.07 Å². The third-order valence-corrected chi connectivity index (χ3v) is 3.39. The summed E-state index contributed by atoms with van der Waals surface area (Å²) in [5.41, 5.74) is 1.67. The van der Waals surface area contributed by atoms with E-state index in [-0.39, 0.29) is 5.69 Å². The molecule has 0 saturated carbocycles. The fourth-order valence-corrected chi connectivity index (χ4v) is 2.54. The second-order valence-electron chi connectivity index (χ2n) is 3.58. The van der Waals surface area contributed by atoms with Crippen LogP contribution >= 0.6 is 11.3 Å². The summed E-state index contributed by atoms with van der Waals surface area (Å²) in [5, 5.41) is 12.0. The minimum absolute atomic E-state index is 0.0621. The molecule has 0 fully saturated rings. The molecule has 0 aliphatic heterocycles. The summed E-state index contributed by atoms with van der Waals surface area (Å²) >= 11 is 1.61. The van der Waals surface area contributed by atoms with Crippen LogP contribution in [-0.2, 0) is 0 Å². The highest BCUT2D eigenvalue weighted by atomic mass is 32.1. The first-order chi connectivity index (χ1) is 8.25. The number of pyridine rings is 1. The van der Waals surface area contributed by atoms with Crippen LogP contribution in [0.3, 0.4) is 0 Å². The molecule has 0 spiro atoms. The minimum atomic E-state index is -1.01. The van der Waals surface area contributed by atoms with Crippen molar-refractivity contribution in [3.63, 3.8) is 0 Å². The van der Waals surface area contributed by atoms with Crippen molar-refractivity contribution in [3.05, 3.63) is 41.5 Å². The second kappa shape index (κ2) is 3.71. The van der Waals surface area contributed by atoms with Gasteiger partial charge in [0, 0.05) is 17.1 Å². The molecule has 0 radical (unpaired) electrons. The summed E-state index contributed by atoms with van der Waals surface area (Å²) in [4.78, 5) is 19.2. The van der Waals surface area contributed by atoms with Crippen molar-refractivity contribution in [2.24, 2.45) is 0 Å². The van der Waals surface area contributed by atoms with Crippen molar-refractivity contribution in [1.29, 1.82) is 0 Å². The molecule has 0 aromatic carbocycles. The zero-order chi connectivity index (χ0) is 11.8. The van der Waals surface area contributed by atoms with E-state index in [1.807, 2.05) is 23.7 Å². The Bertz CT molecular complexity index is 699. The lowest BCUT2D eigenvalue weighted by Gasteiger charge is -1.99. The van der Waals surface area contributed by atoms with Crippen molar-refractivity contribution in [1.82, 2.24) is 9.97 Å². The third kappa shape index (κ3) is 1.60. The minimum Gasteiger partial charge on any atom is -0.477 e. The number of nitrogens with zero attached hydrogens (tertiary/aromatic N) is 1. The monoisotopic (exact) mass is 244 g/mol. The Morgan fingerprint density at radius 2 is 2.24 bits per heavy atom. The molecule has 0 bridgehead atoms. The van der Waals surface area contributed by atoms with Crippen LogP contribution in [0.2, 0.25) is 0 Å². The van der Waals surface area contributed by atoms with Gasteiger partial charge in [-0.1, -0.05) is 6.07 Å². The summed E-state index contributed by atoms with van der Waals surface area (Å²) in [6.45, 7) is 0. The number of rotatable bonds is 2. The molecule has 0 aliphatic carbocycles. The number of carboxylic acid groups (broad SMARTS) is 1. The standard InChI is InChI=1S/C12H8N2O2S/c15-12(16)10-3-1-2-9(14-10)8-6-13-11-7(8)4-5-17-11/h1-6,13H,(H,15,16). The molecule has 5 heteroatoms. The predicted octanol–water partition coefficient (Wildman–Crippen LogP) is 2.99. The number of H-pyrrole nitrogens is 1. The number of aromatic nitrogens is 2. The predicted molar refractivity (Wildman–Crippen MR) is 66.4 cm³/mol. The number of hydrogen-bond acceptors (Lipinski definition) is 3. The summed E-state index contributed by atoms with van der Waals surface area (Å²) in [5.74, 6) is -1.01. The largest absolute Gasteiger partial charge is 0.477 e. The third-order valence-electron chi connectivity index (χ3n) is 2.55. The molecule has 4 nitrogen and oxygen atoms in total. The lowest BCUT2D eigenvalue weighted by atomic mass is 10.1. The van der Waals surface area contributed by atoms with Gasteiger partial charge in [0.25, 0.3) is 0 Å². The highest BCUT2D eigenvalue weighted by Gasteiger charge is 2.10. The fraction of sp³-hybridized carbons (Fsp3) is 0. The maximum Gasteiger partial charge on any atom is 0.354 e. The quantitative estimate of drug-likeness (QED) is 0.728. The Balaban J connectivity index is 2.19. The molecule has 0 atom stereocenters. The Labute approximate surface area is 101 Å². The molecule has 0 saturated heterocycles. The molecule has 0 aliphatic rings. The number of aromatic carboxylic acids is 1. The number of carbonyl (C=O) groups is 1. The molecule has 3 heterocycles. The zero-order valence-electron chi connectivity index (χ0n) is 8.68. The van der Waals surface area contributed by atoms with E-state index in [0.29, 0.717) is 5.69 Å². The van der Waals surface area contributed by atoms with Crippen LogP contribution in [0.25, 0.3) is 21.5 Å². The van der Waals surface area contributed by atoms with Gasteiger partial charge in [0.15, 0.2) is 0 Å². The second-order valence-corrected chi connectivity index (χ2v) is 4.50. The molecule has 3 rings (SSSR count). The Morgan fingerprint density at radius 1 is 1.35 bits per heavy atom. The molecule has 3 aromatic rings. The Hall–Kier alpha value is -2.14. The molecule has 0 unspecified atom stereocenters. The molecule has 17 heavy (non-hydrogen) atoms. The van der Waals surface area contributed by atoms with Gasteiger partial charge >= 0.3 is 5.97 Å². The normalized spacial score (nSPS) is 10.8. The molecule has 3 aromatic heterocycles. The maximum absolute atomic E-state index is 10.9. The van der Waals surface area contributed by atoms with Gasteiger partial charge in [0.1, 0.15) is 10.5 Å². The van der Waals surface area contributed by atoms with E-state index >= 15 is 0 Å². The lowest BCUT2D eigenvalue weighted by molar-refractivity contribution is 0.0690. The van der Waals surface area contributed by atoms with Gasteiger partial charge in [-0.15, -0.1) is 11.3 Å². The molecular weight excluding hydrogens is 236 g/mol. The topological polar surface area (TPSA) is 66.0 Å². The van der Waals surface area contributed by atoms with Gasteiger partial charge in [-0.2, -0.15) is 0 Å². The zero-order valence-corrected chi connectivity index (χ0v) is 9.49. The van der Waals surface area contributed by atoms with Gasteiger partial charge in [0.2, 0.25) is 0 Å². The average Bonchev–Trinajstić information content (AvgIpc) is 2.90. The number of nitrogens with one attached hydrogen (secondary N) is 1. The Morgan fingerprint density at radius 3 is 3.06 bits per heavy atom. The first-order valence-electron chi connectivity index (χ1n) is 5.01. The number of hydrogen-bond donors (Lipinski definition) is 2. The van der Waals surface area contributed by atoms with Gasteiger partial charge < -0.3 is 10.1 Å². The summed E-state index contributed by atoms with van der Waals surface area (Å²) in [6, 6.07) is 7.01. The van der Waals surface area contributed by atoms with Crippen molar-refractivity contribution in [3.8, 4) is 11.3 Å². The van der Waals surface area contributed by atoms with Gasteiger partial charge in [0.05, 0.1) is 5.69 Å². The number of aromatic amines is 1. The van der Waals surface area contributed by atoms with E-state index in [4.69, 9.17) is 5.11 Å². The summed E-state index contributed by atoms with van der Waals surface area (Å²) in [6.07, 6.45) is 1.86. The van der Waals surface area contributed by atoms with E-state index in [0.717, 1.165) is 15.8 Å². The van der Waals surface area contributed by atoms with Crippen molar-refractivity contribution in [2.45, 2.75) is 0 Å². The number of fused-ring (bicyclic) bond motifs is 1. The summed E-state index contributed by atoms with van der Waals surface area (Å²) in [7, 11) is 0. The number of thiophene rings is 1. The smallest absolute Gasteiger partial charge is 0.354 e. The Kier molecular flexibility index (Phi) is 2.19. The van der Waals surface area contributed by atoms with Crippen LogP contribution in [0, 0.1) is 0 Å². The van der Waals surface area contributed by atoms with Gasteiger partial charge in [-0.05, 0) is 23.6 Å². The van der Waals surface area contributed by atoms with Crippen molar-refractivity contribution < 1.29 is 9.90 Å². The van der Waals surface area contributed by atoms with Crippen LogP contribution in [0.15, 0.2) is 35.8 Å². The average molecular weight is 244 g/mol. The highest BCUT2D eigenvalue weighted by molar-refractivity contribution is 7.16. The van der Waals surface area contributed by atoms with Crippen LogP contribution in [0.5, 0.6) is 0 Å². The molecule has 2 N–H and O–H groups in total. The van der Waals surface area contributed by atoms with E-state index in [1.54, 1.807) is 17.4 Å². The van der Waals surface area contributed by atoms with E-state index in [2.05, 4.69) is 9.97 Å². The van der Waals surface area contributed by atoms with E-state index in [9.17, 15) is 4.79 Å². The number of carboxylic acids is 1. The SMILES string of the molecule is O=C(O)c1cccc(-c2c[nH]c3sccc23)n1. The van der Waals surface area contributed by atoms with Gasteiger partial charge in [-0.3, -0.25) is 0 Å². The first-order valence-corrected chi connectivity index (χ1v) is 5.89. The van der Waals surface area contributed by atoms with Crippen LogP contribution < -0.4 is 0 Å². The molecule has 84 valence electrons. The lowest BCUT2D eigenvalue weighted by Crippen LogP contribution is -2.00. The van der Waals surface area contributed by atoms with Crippen molar-refractivity contribution >= 4 is 27.5 Å². The highest BCUT2D eigenvalue weighted by Crippen LogP contribution is 2.30. The van der Waals surface area contributed by atoms with Crippen LogP contribution in [0.1, 0.15) is 10.5 Å². The van der Waals surface area contributed by atoms with Crippen LogP contribution in [0.4, 0.5) is 0 Å². The summed E-state index contributed by atoms with van der Waals surface area (Å²) < 4.78 is 0. The van der Waals surface area contributed by atoms with Crippen molar-refractivity contribution in [2.75, 3.05) is 0 Å². The van der Waals surface area contributed by atoms with Crippen LogP contribution in [-0.4, -0.2) is 21.0 Å².